The van der Waals surface area contributed by atoms with Crippen LogP contribution in [-0.2, 0) is 19.5 Å². The van der Waals surface area contributed by atoms with Gasteiger partial charge in [-0.05, 0) is 0 Å². The summed E-state index contributed by atoms with van der Waals surface area (Å²) >= 11 is 0. The molecule has 56 valence electrons. The Balaban J connectivity index is 0. The van der Waals surface area contributed by atoms with Crippen LogP contribution in [0.5, 0.6) is 0 Å². The molecule has 0 aliphatic heterocycles. The van der Waals surface area contributed by atoms with Crippen LogP contribution in [0, 0.1) is 0 Å². The Hall–Kier alpha value is 1.75. The van der Waals surface area contributed by atoms with Crippen LogP contribution in [0.3, 0.4) is 0 Å². The maximum absolute atomic E-state index is 9.72. The normalized spacial score (nSPS) is 12.2. The number of nitrogens with one attached hydrogen (secondary N) is 1. The minimum Gasteiger partial charge on any atom is -0.735 e. The zero-order valence-electron chi connectivity index (χ0n) is 4.74. The average Bonchev–Trinajstić information content (AvgIpc) is 1.14. The molecule has 0 aromatic carbocycles. The van der Waals surface area contributed by atoms with Gasteiger partial charge in [0.2, 0.25) is 0 Å². The molecule has 0 amide bonds. The summed E-state index contributed by atoms with van der Waals surface area (Å²) in [4.78, 5) is 0. The second kappa shape index (κ2) is 4.69. The van der Waals surface area contributed by atoms with Crippen molar-refractivity contribution in [3.05, 3.63) is 0 Å². The molecule has 6 nitrogen and oxygen atoms in total. The third-order valence-corrected chi connectivity index (χ3v) is 2.38. The van der Waals surface area contributed by atoms with Gasteiger partial charge in [-0.2, -0.15) is 8.42 Å². The molecule has 0 spiro atoms. The molecule has 0 aliphatic rings. The molecule has 0 fully saturated rings. The van der Waals surface area contributed by atoms with Gasteiger partial charge in [0.25, 0.3) is 0 Å². The fraction of sp³-hybridized carbons (Fsp3) is 0. The SMILES string of the molecule is O=S(=O)([O-])NS(=O)(=O)Cl.[K+]. The van der Waals surface area contributed by atoms with E-state index >= 15 is 0 Å². The van der Waals surface area contributed by atoms with E-state index in [2.05, 4.69) is 10.7 Å². The van der Waals surface area contributed by atoms with Gasteiger partial charge in [0, 0.05) is 10.7 Å². The van der Waals surface area contributed by atoms with Crippen molar-refractivity contribution in [2.75, 3.05) is 0 Å². The summed E-state index contributed by atoms with van der Waals surface area (Å²) in [5, 5.41) is 0. The molecule has 10 heteroatoms. The van der Waals surface area contributed by atoms with Gasteiger partial charge in [0.1, 0.15) is 0 Å². The van der Waals surface area contributed by atoms with Gasteiger partial charge in [-0.3, -0.25) is 0 Å². The van der Waals surface area contributed by atoms with E-state index < -0.39 is 19.5 Å². The Morgan fingerprint density at radius 2 is 1.50 bits per heavy atom. The van der Waals surface area contributed by atoms with Gasteiger partial charge in [-0.1, -0.05) is 0 Å². The summed E-state index contributed by atoms with van der Waals surface area (Å²) in [6.07, 6.45) is 0. The van der Waals surface area contributed by atoms with Crippen molar-refractivity contribution in [3.8, 4) is 0 Å². The fourth-order valence-electron chi connectivity index (χ4n) is 0.122. The van der Waals surface area contributed by atoms with Crippen LogP contribution in [0.4, 0.5) is 0 Å². The number of hydrogen-bond acceptors (Lipinski definition) is 5. The summed E-state index contributed by atoms with van der Waals surface area (Å²) in [5.41, 5.74) is 0. The van der Waals surface area contributed by atoms with E-state index in [1.54, 1.807) is 0 Å². The summed E-state index contributed by atoms with van der Waals surface area (Å²) in [5.74, 6) is 0. The molecule has 0 saturated heterocycles. The molecule has 0 bridgehead atoms. The predicted molar refractivity (Wildman–Crippen MR) is 27.6 cm³/mol. The van der Waals surface area contributed by atoms with Crippen LogP contribution in [-0.4, -0.2) is 21.4 Å². The molecule has 0 rings (SSSR count). The molecule has 0 aliphatic carbocycles. The van der Waals surface area contributed by atoms with Crippen molar-refractivity contribution in [1.29, 1.82) is 0 Å². The zero-order valence-corrected chi connectivity index (χ0v) is 10.2. The molecule has 0 heterocycles. The predicted octanol–water partition coefficient (Wildman–Crippen LogP) is -4.48. The maximum Gasteiger partial charge on any atom is 1.00 e. The van der Waals surface area contributed by atoms with Crippen LogP contribution < -0.4 is 55.5 Å². The summed E-state index contributed by atoms with van der Waals surface area (Å²) in [6.45, 7) is 0. The number of halogens is 1. The van der Waals surface area contributed by atoms with Gasteiger partial charge in [0.05, 0.1) is 0 Å². The first-order valence-corrected chi connectivity index (χ1v) is 5.11. The monoisotopic (exact) mass is 233 g/mol. The van der Waals surface area contributed by atoms with Crippen molar-refractivity contribution in [3.63, 3.8) is 0 Å². The first-order chi connectivity index (χ1) is 3.71. The summed E-state index contributed by atoms with van der Waals surface area (Å²) in [7, 11) is -5.16. The van der Waals surface area contributed by atoms with E-state index in [9.17, 15) is 21.4 Å². The van der Waals surface area contributed by atoms with E-state index in [-0.39, 0.29) is 51.4 Å². The third kappa shape index (κ3) is 12.4. The summed E-state index contributed by atoms with van der Waals surface area (Å²) < 4.78 is 48.6. The molecule has 0 atom stereocenters. The molecular weight excluding hydrogens is 233 g/mol. The number of hydrogen-bond donors (Lipinski definition) is 1. The van der Waals surface area contributed by atoms with Crippen molar-refractivity contribution in [2.45, 2.75) is 0 Å². The molecule has 0 aromatic heterocycles. The molecule has 10 heavy (non-hydrogen) atoms. The van der Waals surface area contributed by atoms with Crippen LogP contribution in [0.15, 0.2) is 0 Å². The van der Waals surface area contributed by atoms with Gasteiger partial charge in [0.15, 0.2) is 10.3 Å². The second-order valence-electron chi connectivity index (χ2n) is 0.975. The molecule has 0 saturated carbocycles. The summed E-state index contributed by atoms with van der Waals surface area (Å²) in [6, 6.07) is 0. The Kier molecular flexibility index (Phi) is 6.70. The Labute approximate surface area is 105 Å². The van der Waals surface area contributed by atoms with Gasteiger partial charge >= 0.3 is 60.6 Å². The molecule has 0 radical (unpaired) electrons. The van der Waals surface area contributed by atoms with Gasteiger partial charge < -0.3 is 4.55 Å². The third-order valence-electron chi connectivity index (χ3n) is 0.202. The van der Waals surface area contributed by atoms with E-state index in [4.69, 9.17) is 0 Å². The first-order valence-electron chi connectivity index (χ1n) is 1.40. The Morgan fingerprint density at radius 1 is 1.20 bits per heavy atom. The van der Waals surface area contributed by atoms with Crippen molar-refractivity contribution in [2.24, 2.45) is 0 Å². The average molecular weight is 234 g/mol. The Bertz CT molecular complexity index is 245. The minimum atomic E-state index is -5.00. The van der Waals surface area contributed by atoms with E-state index in [1.807, 2.05) is 0 Å². The Morgan fingerprint density at radius 3 is 1.50 bits per heavy atom. The van der Waals surface area contributed by atoms with E-state index in [0.29, 0.717) is 4.13 Å². The molecular formula is HClKNO5S2. The number of rotatable bonds is 2. The smallest absolute Gasteiger partial charge is 0.735 e. The van der Waals surface area contributed by atoms with Crippen LogP contribution in [0.1, 0.15) is 0 Å². The quantitative estimate of drug-likeness (QED) is 0.294. The van der Waals surface area contributed by atoms with Crippen molar-refractivity contribution >= 4 is 30.2 Å². The fourth-order valence-corrected chi connectivity index (χ4v) is 1.79. The van der Waals surface area contributed by atoms with Crippen molar-refractivity contribution < 1.29 is 72.8 Å². The first kappa shape index (κ1) is 14.3. The van der Waals surface area contributed by atoms with Crippen molar-refractivity contribution in [1.82, 2.24) is 4.13 Å². The topological polar surface area (TPSA) is 103 Å². The van der Waals surface area contributed by atoms with E-state index in [1.165, 1.54) is 0 Å². The van der Waals surface area contributed by atoms with Gasteiger partial charge in [-0.25, -0.2) is 8.42 Å². The minimum absolute atomic E-state index is 0. The molecule has 1 N–H and O–H groups in total. The largest absolute Gasteiger partial charge is 1.00 e. The maximum atomic E-state index is 9.72. The van der Waals surface area contributed by atoms with Crippen LogP contribution >= 0.6 is 10.7 Å². The second-order valence-corrected chi connectivity index (χ2v) is 4.64. The van der Waals surface area contributed by atoms with Gasteiger partial charge in [-0.15, -0.1) is 4.13 Å². The standard InChI is InChI=1S/ClH2NO5S2.K/c1-8(3,4)2-9(5,6)7;/h2H,(H,5,6,7);/q;+1/p-1. The zero-order chi connectivity index (χ0) is 7.71. The van der Waals surface area contributed by atoms with E-state index in [0.717, 1.165) is 0 Å². The molecule has 0 aromatic rings. The van der Waals surface area contributed by atoms with Crippen LogP contribution in [0.2, 0.25) is 0 Å². The van der Waals surface area contributed by atoms with Crippen LogP contribution in [0.25, 0.3) is 0 Å². The molecule has 0 unspecified atom stereocenters.